The highest BCUT2D eigenvalue weighted by atomic mass is 16.6. The SMILES string of the molecule is C=C1CC2(CC1C)OC(=O)[C@@H]1[C@H]2[C@@H]2C=C[C@H]1C2. The molecule has 0 aromatic heterocycles. The molecular weight excluding hydrogens is 212 g/mol. The maximum Gasteiger partial charge on any atom is 0.310 e. The van der Waals surface area contributed by atoms with Crippen molar-refractivity contribution in [3.8, 4) is 0 Å². The first-order valence-corrected chi connectivity index (χ1v) is 6.69. The molecule has 1 heterocycles. The summed E-state index contributed by atoms with van der Waals surface area (Å²) in [5, 5.41) is 0. The minimum absolute atomic E-state index is 0.0637. The fourth-order valence-corrected chi connectivity index (χ4v) is 4.82. The van der Waals surface area contributed by atoms with Crippen molar-refractivity contribution < 1.29 is 9.53 Å². The molecule has 2 bridgehead atoms. The van der Waals surface area contributed by atoms with Gasteiger partial charge in [-0.1, -0.05) is 31.2 Å². The van der Waals surface area contributed by atoms with Crippen molar-refractivity contribution in [1.82, 2.24) is 0 Å². The Balaban J connectivity index is 1.77. The third kappa shape index (κ3) is 1.05. The number of rotatable bonds is 0. The standard InChI is InChI=1S/C15H18O2/c1-8-6-15(7-9(8)2)13-11-4-3-10(5-11)12(13)14(16)17-15/h3-4,9-13H,1,5-7H2,2H3/t9?,10-,11+,12-,13+,15?/m0/s1. The first-order valence-electron chi connectivity index (χ1n) is 6.69. The second kappa shape index (κ2) is 2.85. The molecular formula is C15H18O2. The molecule has 2 heteroatoms. The molecule has 3 aliphatic carbocycles. The first-order chi connectivity index (χ1) is 8.11. The van der Waals surface area contributed by atoms with Crippen LogP contribution in [0.3, 0.4) is 0 Å². The maximum absolute atomic E-state index is 12.1. The molecule has 2 nitrogen and oxygen atoms in total. The summed E-state index contributed by atoms with van der Waals surface area (Å²) in [6.07, 6.45) is 7.63. The van der Waals surface area contributed by atoms with E-state index in [1.165, 1.54) is 12.0 Å². The molecule has 90 valence electrons. The molecule has 1 saturated heterocycles. The highest BCUT2D eigenvalue weighted by Crippen LogP contribution is 2.62. The van der Waals surface area contributed by atoms with E-state index in [1.54, 1.807) is 0 Å². The summed E-state index contributed by atoms with van der Waals surface area (Å²) in [6.45, 7) is 6.36. The Morgan fingerprint density at radius 3 is 2.88 bits per heavy atom. The van der Waals surface area contributed by atoms with Gasteiger partial charge < -0.3 is 4.74 Å². The fraction of sp³-hybridized carbons (Fsp3) is 0.667. The van der Waals surface area contributed by atoms with Crippen LogP contribution in [0.25, 0.3) is 0 Å². The first kappa shape index (κ1) is 9.93. The molecule has 0 aromatic rings. The van der Waals surface area contributed by atoms with Gasteiger partial charge in [-0.15, -0.1) is 0 Å². The Bertz CT molecular complexity index is 450. The van der Waals surface area contributed by atoms with Gasteiger partial charge in [0.15, 0.2) is 0 Å². The minimum Gasteiger partial charge on any atom is -0.458 e. The molecule has 4 aliphatic rings. The molecule has 6 atom stereocenters. The summed E-state index contributed by atoms with van der Waals surface area (Å²) in [5.74, 6) is 2.20. The molecule has 0 N–H and O–H groups in total. The van der Waals surface area contributed by atoms with Crippen molar-refractivity contribution in [2.24, 2.45) is 29.6 Å². The lowest BCUT2D eigenvalue weighted by molar-refractivity contribution is -0.152. The molecule has 1 aliphatic heterocycles. The zero-order valence-electron chi connectivity index (χ0n) is 10.2. The monoisotopic (exact) mass is 230 g/mol. The highest BCUT2D eigenvalue weighted by Gasteiger charge is 2.66. The van der Waals surface area contributed by atoms with Gasteiger partial charge in [0.05, 0.1) is 5.92 Å². The van der Waals surface area contributed by atoms with Gasteiger partial charge in [0, 0.05) is 12.3 Å². The van der Waals surface area contributed by atoms with Crippen LogP contribution in [0.5, 0.6) is 0 Å². The van der Waals surface area contributed by atoms with Crippen LogP contribution in [0.4, 0.5) is 0 Å². The molecule has 0 aromatic carbocycles. The predicted molar refractivity (Wildman–Crippen MR) is 64.1 cm³/mol. The number of fused-ring (bicyclic) bond motifs is 6. The lowest BCUT2D eigenvalue weighted by atomic mass is 9.73. The molecule has 4 rings (SSSR count). The van der Waals surface area contributed by atoms with Gasteiger partial charge in [-0.3, -0.25) is 4.79 Å². The van der Waals surface area contributed by atoms with E-state index >= 15 is 0 Å². The summed E-state index contributed by atoms with van der Waals surface area (Å²) in [7, 11) is 0. The number of carbonyl (C=O) groups excluding carboxylic acids is 1. The van der Waals surface area contributed by atoms with E-state index in [0.717, 1.165) is 12.8 Å². The summed E-state index contributed by atoms with van der Waals surface area (Å²) in [4.78, 5) is 12.1. The number of hydrogen-bond acceptors (Lipinski definition) is 2. The van der Waals surface area contributed by atoms with Crippen LogP contribution in [0.1, 0.15) is 26.2 Å². The zero-order chi connectivity index (χ0) is 11.8. The second-order valence-corrected chi connectivity index (χ2v) is 6.43. The van der Waals surface area contributed by atoms with E-state index in [1.807, 2.05) is 0 Å². The Hall–Kier alpha value is -1.05. The molecule has 3 fully saturated rings. The van der Waals surface area contributed by atoms with E-state index < -0.39 is 0 Å². The van der Waals surface area contributed by atoms with Gasteiger partial charge in [0.1, 0.15) is 5.60 Å². The maximum atomic E-state index is 12.1. The van der Waals surface area contributed by atoms with Crippen LogP contribution in [0, 0.1) is 29.6 Å². The van der Waals surface area contributed by atoms with Gasteiger partial charge in [0.25, 0.3) is 0 Å². The van der Waals surface area contributed by atoms with Gasteiger partial charge in [-0.05, 0) is 30.6 Å². The lowest BCUT2D eigenvalue weighted by Gasteiger charge is -2.32. The summed E-state index contributed by atoms with van der Waals surface area (Å²) in [5.41, 5.74) is 1.08. The van der Waals surface area contributed by atoms with Crippen LogP contribution in [-0.4, -0.2) is 11.6 Å². The third-order valence-corrected chi connectivity index (χ3v) is 5.52. The van der Waals surface area contributed by atoms with Crippen LogP contribution in [-0.2, 0) is 9.53 Å². The smallest absolute Gasteiger partial charge is 0.310 e. The third-order valence-electron chi connectivity index (χ3n) is 5.52. The van der Waals surface area contributed by atoms with Gasteiger partial charge in [-0.2, -0.15) is 0 Å². The van der Waals surface area contributed by atoms with Crippen molar-refractivity contribution in [1.29, 1.82) is 0 Å². The quantitative estimate of drug-likeness (QED) is 0.472. The van der Waals surface area contributed by atoms with Crippen LogP contribution in [0.15, 0.2) is 24.3 Å². The number of esters is 1. The highest BCUT2D eigenvalue weighted by molar-refractivity contribution is 5.78. The number of carbonyl (C=O) groups is 1. The lowest BCUT2D eigenvalue weighted by Crippen LogP contribution is -2.36. The van der Waals surface area contributed by atoms with Crippen molar-refractivity contribution in [2.45, 2.75) is 31.8 Å². The summed E-state index contributed by atoms with van der Waals surface area (Å²) in [6, 6.07) is 0. The van der Waals surface area contributed by atoms with Crippen molar-refractivity contribution >= 4 is 5.97 Å². The molecule has 0 amide bonds. The second-order valence-electron chi connectivity index (χ2n) is 6.43. The molecule has 0 radical (unpaired) electrons. The predicted octanol–water partition coefficient (Wildman–Crippen LogP) is 2.71. The van der Waals surface area contributed by atoms with E-state index in [-0.39, 0.29) is 17.5 Å². The average Bonchev–Trinajstić information content (AvgIpc) is 2.95. The van der Waals surface area contributed by atoms with Crippen molar-refractivity contribution in [3.05, 3.63) is 24.3 Å². The normalized spacial score (nSPS) is 54.8. The van der Waals surface area contributed by atoms with Crippen LogP contribution < -0.4 is 0 Å². The average molecular weight is 230 g/mol. The van der Waals surface area contributed by atoms with E-state index in [2.05, 4.69) is 25.7 Å². The Kier molecular flexibility index (Phi) is 1.66. The minimum atomic E-state index is -0.192. The molecule has 2 saturated carbocycles. The molecule has 17 heavy (non-hydrogen) atoms. The zero-order valence-corrected chi connectivity index (χ0v) is 10.2. The van der Waals surface area contributed by atoms with Gasteiger partial charge in [-0.25, -0.2) is 0 Å². The fourth-order valence-electron chi connectivity index (χ4n) is 4.82. The van der Waals surface area contributed by atoms with E-state index in [4.69, 9.17) is 4.74 Å². The topological polar surface area (TPSA) is 26.3 Å². The summed E-state index contributed by atoms with van der Waals surface area (Å²) < 4.78 is 5.86. The largest absolute Gasteiger partial charge is 0.458 e. The molecule has 2 unspecified atom stereocenters. The van der Waals surface area contributed by atoms with Crippen LogP contribution >= 0.6 is 0 Å². The molecule has 1 spiro atoms. The Labute approximate surface area is 102 Å². The van der Waals surface area contributed by atoms with E-state index in [0.29, 0.717) is 23.7 Å². The van der Waals surface area contributed by atoms with Crippen LogP contribution in [0.2, 0.25) is 0 Å². The number of allylic oxidation sites excluding steroid dienone is 2. The van der Waals surface area contributed by atoms with Crippen molar-refractivity contribution in [2.75, 3.05) is 0 Å². The Morgan fingerprint density at radius 2 is 2.18 bits per heavy atom. The summed E-state index contributed by atoms with van der Waals surface area (Å²) >= 11 is 0. The van der Waals surface area contributed by atoms with E-state index in [9.17, 15) is 4.79 Å². The van der Waals surface area contributed by atoms with Gasteiger partial charge >= 0.3 is 5.97 Å². The number of ether oxygens (including phenoxy) is 1. The Morgan fingerprint density at radius 1 is 1.41 bits per heavy atom. The van der Waals surface area contributed by atoms with Crippen molar-refractivity contribution in [3.63, 3.8) is 0 Å². The van der Waals surface area contributed by atoms with Gasteiger partial charge in [0.2, 0.25) is 0 Å². The number of hydrogen-bond donors (Lipinski definition) is 0.